The Kier molecular flexibility index (Phi) is 4.31. The lowest BCUT2D eigenvalue weighted by atomic mass is 10.0. The summed E-state index contributed by atoms with van der Waals surface area (Å²) in [5, 5.41) is 9.74. The summed E-state index contributed by atoms with van der Waals surface area (Å²) in [5.41, 5.74) is 1.82. The molecule has 0 aliphatic carbocycles. The summed E-state index contributed by atoms with van der Waals surface area (Å²) >= 11 is 0. The molecule has 0 saturated heterocycles. The van der Waals surface area contributed by atoms with Gasteiger partial charge in [0.25, 0.3) is 0 Å². The maximum absolute atomic E-state index is 11.1. The van der Waals surface area contributed by atoms with Gasteiger partial charge in [0.15, 0.2) is 0 Å². The molecule has 1 aromatic rings. The summed E-state index contributed by atoms with van der Waals surface area (Å²) in [5.74, 6) is -0.369. The second-order valence-corrected chi connectivity index (χ2v) is 3.44. The molecule has 3 nitrogen and oxygen atoms in total. The maximum Gasteiger partial charge on any atom is 0.308 e. The molecule has 0 saturated carbocycles. The Labute approximate surface area is 89.7 Å². The molecule has 0 spiro atoms. The van der Waals surface area contributed by atoms with Crippen LogP contribution >= 0.6 is 0 Å². The van der Waals surface area contributed by atoms with Crippen molar-refractivity contribution in [3.63, 3.8) is 0 Å². The smallest absolute Gasteiger partial charge is 0.308 e. The number of carbonyl (C=O) groups is 1. The van der Waals surface area contributed by atoms with Crippen LogP contribution in [-0.2, 0) is 9.53 Å². The average molecular weight is 208 g/mol. The highest BCUT2D eigenvalue weighted by Gasteiger charge is 2.13. The number of benzene rings is 1. The largest absolute Gasteiger partial charge is 0.466 e. The maximum atomic E-state index is 11.1. The molecule has 0 aliphatic heterocycles. The second kappa shape index (κ2) is 5.51. The molecule has 0 bridgehead atoms. The van der Waals surface area contributed by atoms with E-state index in [9.17, 15) is 9.90 Å². The molecular formula is C12H16O3. The van der Waals surface area contributed by atoms with Crippen molar-refractivity contribution in [2.45, 2.75) is 26.4 Å². The summed E-state index contributed by atoms with van der Waals surface area (Å²) in [4.78, 5) is 11.1. The molecule has 0 aliphatic rings. The SMILES string of the molecule is CCOC(=O)CC(O)c1cccc(C)c1. The zero-order valence-corrected chi connectivity index (χ0v) is 9.06. The van der Waals surface area contributed by atoms with Gasteiger partial charge in [0, 0.05) is 0 Å². The van der Waals surface area contributed by atoms with Crippen molar-refractivity contribution in [3.05, 3.63) is 35.4 Å². The molecule has 1 rings (SSSR count). The highest BCUT2D eigenvalue weighted by atomic mass is 16.5. The first-order valence-electron chi connectivity index (χ1n) is 5.03. The van der Waals surface area contributed by atoms with Crippen LogP contribution in [0.25, 0.3) is 0 Å². The molecule has 1 unspecified atom stereocenters. The average Bonchev–Trinajstić information content (AvgIpc) is 2.18. The molecule has 15 heavy (non-hydrogen) atoms. The molecule has 0 radical (unpaired) electrons. The zero-order valence-electron chi connectivity index (χ0n) is 9.06. The van der Waals surface area contributed by atoms with Crippen LogP contribution in [0.2, 0.25) is 0 Å². The van der Waals surface area contributed by atoms with Gasteiger partial charge in [-0.25, -0.2) is 0 Å². The van der Waals surface area contributed by atoms with E-state index in [0.717, 1.165) is 11.1 Å². The third kappa shape index (κ3) is 3.72. The van der Waals surface area contributed by atoms with Crippen molar-refractivity contribution in [2.24, 2.45) is 0 Å². The van der Waals surface area contributed by atoms with Crippen LogP contribution in [0.1, 0.15) is 30.6 Å². The van der Waals surface area contributed by atoms with Crippen LogP contribution < -0.4 is 0 Å². The van der Waals surface area contributed by atoms with Crippen molar-refractivity contribution in [3.8, 4) is 0 Å². The molecule has 82 valence electrons. The number of ether oxygens (including phenoxy) is 1. The molecule has 0 heterocycles. The van der Waals surface area contributed by atoms with E-state index in [-0.39, 0.29) is 12.4 Å². The Bertz CT molecular complexity index is 333. The third-order valence-corrected chi connectivity index (χ3v) is 2.09. The van der Waals surface area contributed by atoms with Gasteiger partial charge in [-0.3, -0.25) is 4.79 Å². The molecule has 3 heteroatoms. The highest BCUT2D eigenvalue weighted by Crippen LogP contribution is 2.17. The first kappa shape index (κ1) is 11.7. The molecule has 1 atom stereocenters. The summed E-state index contributed by atoms with van der Waals surface area (Å²) in [6, 6.07) is 7.47. The molecule has 0 fully saturated rings. The van der Waals surface area contributed by atoms with Gasteiger partial charge in [-0.1, -0.05) is 29.8 Å². The topological polar surface area (TPSA) is 46.5 Å². The zero-order chi connectivity index (χ0) is 11.3. The predicted octanol–water partition coefficient (Wildman–Crippen LogP) is 1.98. The van der Waals surface area contributed by atoms with Crippen LogP contribution in [0.4, 0.5) is 0 Å². The van der Waals surface area contributed by atoms with Crippen LogP contribution in [0.15, 0.2) is 24.3 Å². The third-order valence-electron chi connectivity index (χ3n) is 2.09. The Balaban J connectivity index is 2.60. The monoisotopic (exact) mass is 208 g/mol. The van der Waals surface area contributed by atoms with Crippen LogP contribution in [0, 0.1) is 6.92 Å². The van der Waals surface area contributed by atoms with Gasteiger partial charge in [-0.05, 0) is 19.4 Å². The second-order valence-electron chi connectivity index (χ2n) is 3.44. The number of rotatable bonds is 4. The minimum atomic E-state index is -0.774. The lowest BCUT2D eigenvalue weighted by Crippen LogP contribution is -2.10. The number of aliphatic hydroxyl groups excluding tert-OH is 1. The van der Waals surface area contributed by atoms with Gasteiger partial charge in [-0.2, -0.15) is 0 Å². The highest BCUT2D eigenvalue weighted by molar-refractivity contribution is 5.70. The van der Waals surface area contributed by atoms with Gasteiger partial charge in [-0.15, -0.1) is 0 Å². The molecular weight excluding hydrogens is 192 g/mol. The van der Waals surface area contributed by atoms with E-state index in [2.05, 4.69) is 0 Å². The molecule has 1 aromatic carbocycles. The molecule has 0 amide bonds. The van der Waals surface area contributed by atoms with Crippen LogP contribution in [0.5, 0.6) is 0 Å². The lowest BCUT2D eigenvalue weighted by molar-refractivity contribution is -0.145. The van der Waals surface area contributed by atoms with E-state index < -0.39 is 6.10 Å². The Morgan fingerprint density at radius 2 is 2.27 bits per heavy atom. The van der Waals surface area contributed by atoms with Crippen molar-refractivity contribution in [1.29, 1.82) is 0 Å². The Morgan fingerprint density at radius 3 is 2.87 bits per heavy atom. The van der Waals surface area contributed by atoms with Crippen molar-refractivity contribution in [2.75, 3.05) is 6.61 Å². The Morgan fingerprint density at radius 1 is 1.53 bits per heavy atom. The normalized spacial score (nSPS) is 12.2. The van der Waals surface area contributed by atoms with Gasteiger partial charge >= 0.3 is 5.97 Å². The number of hydrogen-bond acceptors (Lipinski definition) is 3. The minimum Gasteiger partial charge on any atom is -0.466 e. The molecule has 1 N–H and O–H groups in total. The van der Waals surface area contributed by atoms with Crippen molar-refractivity contribution >= 4 is 5.97 Å². The Hall–Kier alpha value is -1.35. The first-order chi connectivity index (χ1) is 7.13. The fourth-order valence-corrected chi connectivity index (χ4v) is 1.37. The van der Waals surface area contributed by atoms with Gasteiger partial charge in [0.1, 0.15) is 0 Å². The summed E-state index contributed by atoms with van der Waals surface area (Å²) in [6.45, 7) is 4.04. The van der Waals surface area contributed by atoms with E-state index in [4.69, 9.17) is 4.74 Å². The minimum absolute atomic E-state index is 0.0112. The quantitative estimate of drug-likeness (QED) is 0.769. The van der Waals surface area contributed by atoms with E-state index in [1.165, 1.54) is 0 Å². The number of esters is 1. The summed E-state index contributed by atoms with van der Waals surface area (Å²) in [7, 11) is 0. The standard InChI is InChI=1S/C12H16O3/c1-3-15-12(14)8-11(13)10-6-4-5-9(2)7-10/h4-7,11,13H,3,8H2,1-2H3. The van der Waals surface area contributed by atoms with E-state index in [0.29, 0.717) is 6.61 Å². The number of carbonyl (C=O) groups excluding carboxylic acids is 1. The van der Waals surface area contributed by atoms with Crippen LogP contribution in [0.3, 0.4) is 0 Å². The summed E-state index contributed by atoms with van der Waals surface area (Å²) in [6.07, 6.45) is -0.763. The lowest BCUT2D eigenvalue weighted by Gasteiger charge is -2.10. The molecule has 0 aromatic heterocycles. The van der Waals surface area contributed by atoms with Gasteiger partial charge in [0.05, 0.1) is 19.1 Å². The number of hydrogen-bond donors (Lipinski definition) is 1. The van der Waals surface area contributed by atoms with Crippen molar-refractivity contribution in [1.82, 2.24) is 0 Å². The van der Waals surface area contributed by atoms with E-state index >= 15 is 0 Å². The van der Waals surface area contributed by atoms with Crippen LogP contribution in [-0.4, -0.2) is 17.7 Å². The number of aliphatic hydroxyl groups is 1. The fourth-order valence-electron chi connectivity index (χ4n) is 1.37. The predicted molar refractivity (Wildman–Crippen MR) is 57.4 cm³/mol. The number of aryl methyl sites for hydroxylation is 1. The van der Waals surface area contributed by atoms with Gasteiger partial charge < -0.3 is 9.84 Å². The fraction of sp³-hybridized carbons (Fsp3) is 0.417. The first-order valence-corrected chi connectivity index (χ1v) is 5.03. The van der Waals surface area contributed by atoms with E-state index in [1.807, 2.05) is 25.1 Å². The van der Waals surface area contributed by atoms with Crippen molar-refractivity contribution < 1.29 is 14.6 Å². The summed E-state index contributed by atoms with van der Waals surface area (Å²) < 4.78 is 4.77. The van der Waals surface area contributed by atoms with Gasteiger partial charge in [0.2, 0.25) is 0 Å². The van der Waals surface area contributed by atoms with E-state index in [1.54, 1.807) is 13.0 Å².